The van der Waals surface area contributed by atoms with Gasteiger partial charge < -0.3 is 34.7 Å². The van der Waals surface area contributed by atoms with Crippen molar-refractivity contribution in [2.75, 3.05) is 30.3 Å². The molecule has 22 heteroatoms. The Morgan fingerprint density at radius 2 is 1.65 bits per heavy atom. The molecule has 310 valence electrons. The number of hydrogen-bond donors (Lipinski definition) is 8. The molecular weight excluding hydrogens is 830 g/mol. The molecule has 57 heavy (non-hydrogen) atoms. The monoisotopic (exact) mass is 873 g/mol. The number of aliphatic hydroxyl groups is 1. The zero-order valence-electron chi connectivity index (χ0n) is 30.9. The SMILES string of the molecule is CC1(C)C(C=C2C(=O)C(C=C3N(CCP(=O)(O)O)c4ccc(SOOO)cc4[C@@]3(C)CCCCCC(=O)O)=C2O)=[N+](CCP(=O)(O)O)c2ccc(S(=O)(=O)O)cc21. The van der Waals surface area contributed by atoms with E-state index in [1.807, 2.05) is 6.92 Å². The van der Waals surface area contributed by atoms with Crippen LogP contribution >= 0.6 is 27.2 Å². The summed E-state index contributed by atoms with van der Waals surface area (Å²) in [6.07, 6.45) is 3.35. The fourth-order valence-electron chi connectivity index (χ4n) is 7.50. The standard InChI is InChI=1S/C35H42N2O16P2S2/c1-34(2)25-18-22(57(49,50)51)9-11-27(25)36(13-15-54(43,44)45)29(34)19-23-32(40)24(33(23)41)20-30-35(3,12-6-4-5-7-31(38)39)26-17-21(56-53-52-42)8-10-28(26)37(30)14-16-55(46,47)48/h8-11,17-20H,4-7,12-16H2,1-3H3,(H7-,38,39,40,41,42,43,44,45,46,47,48,49,50,51)/p+1/t35-/m1/s1. The number of unbranched alkanes of at least 4 members (excludes halogenated alkanes) is 2. The maximum atomic E-state index is 14.0. The summed E-state index contributed by atoms with van der Waals surface area (Å²) in [5.74, 6) is -2.03. The molecule has 2 aliphatic heterocycles. The van der Waals surface area contributed by atoms with Gasteiger partial charge in [-0.1, -0.05) is 17.9 Å². The van der Waals surface area contributed by atoms with Crippen molar-refractivity contribution in [1.82, 2.24) is 0 Å². The van der Waals surface area contributed by atoms with Gasteiger partial charge in [-0.15, -0.1) is 4.33 Å². The molecule has 0 saturated heterocycles. The van der Waals surface area contributed by atoms with Crippen LogP contribution in [0, 0.1) is 0 Å². The zero-order chi connectivity index (χ0) is 42.3. The average Bonchev–Trinajstić information content (AvgIpc) is 3.47. The smallest absolute Gasteiger partial charge is 0.331 e. The summed E-state index contributed by atoms with van der Waals surface area (Å²) in [6.45, 7) is 4.74. The molecule has 0 aromatic heterocycles. The second-order valence-electron chi connectivity index (χ2n) is 14.6. The van der Waals surface area contributed by atoms with Crippen molar-refractivity contribution in [3.05, 3.63) is 82.3 Å². The van der Waals surface area contributed by atoms with Gasteiger partial charge in [-0.3, -0.25) is 23.3 Å². The fourth-order valence-corrected chi connectivity index (χ4v) is 9.32. The molecule has 1 atom stereocenters. The molecule has 18 nitrogen and oxygen atoms in total. The summed E-state index contributed by atoms with van der Waals surface area (Å²) < 4.78 is 63.9. The van der Waals surface area contributed by atoms with Crippen LogP contribution in [0.3, 0.4) is 0 Å². The number of hydrogen-bond acceptors (Lipinski definition) is 12. The Hall–Kier alpha value is -3.49. The van der Waals surface area contributed by atoms with E-state index in [0.29, 0.717) is 76.5 Å². The molecule has 0 radical (unpaired) electrons. The quantitative estimate of drug-likeness (QED) is 0.0141. The number of ketones is 1. The van der Waals surface area contributed by atoms with Crippen LogP contribution in [0.25, 0.3) is 0 Å². The number of benzene rings is 2. The fraction of sp³-hybridized carbons (Fsp3) is 0.400. The minimum atomic E-state index is -4.63. The molecule has 2 aromatic carbocycles. The number of carboxylic acids is 1. The average molecular weight is 874 g/mol. The Labute approximate surface area is 332 Å². The predicted octanol–water partition coefficient (Wildman–Crippen LogP) is 5.11. The molecule has 0 unspecified atom stereocenters. The number of aliphatic hydroxyl groups excluding tert-OH is 1. The first-order valence-electron chi connectivity index (χ1n) is 17.5. The van der Waals surface area contributed by atoms with Crippen molar-refractivity contribution in [3.63, 3.8) is 0 Å². The van der Waals surface area contributed by atoms with Crippen LogP contribution in [-0.2, 0) is 49.0 Å². The van der Waals surface area contributed by atoms with Crippen LogP contribution in [0.4, 0.5) is 11.4 Å². The molecule has 3 aliphatic rings. The lowest BCUT2D eigenvalue weighted by atomic mass is 9.75. The number of aliphatic carboxylic acids is 1. The number of carboxylic acid groups (broad SMARTS) is 1. The van der Waals surface area contributed by atoms with Crippen LogP contribution in [0.1, 0.15) is 64.0 Å². The van der Waals surface area contributed by atoms with Gasteiger partial charge in [0.25, 0.3) is 10.1 Å². The number of Topliss-reactive ketones (excluding diaryl/α,β-unsaturated/α-hetero) is 1. The number of fused-ring (bicyclic) bond motifs is 2. The highest BCUT2D eigenvalue weighted by atomic mass is 32.2. The summed E-state index contributed by atoms with van der Waals surface area (Å²) in [5, 5.41) is 33.1. The number of carbonyl (C=O) groups excluding carboxylic acids is 1. The Balaban J connectivity index is 1.63. The van der Waals surface area contributed by atoms with Gasteiger partial charge in [-0.2, -0.15) is 13.0 Å². The highest BCUT2D eigenvalue weighted by molar-refractivity contribution is 7.94. The molecule has 8 N–H and O–H groups in total. The molecular formula is C35H43N2O16P2S2+. The summed E-state index contributed by atoms with van der Waals surface area (Å²) in [7, 11) is -13.7. The number of nitrogens with zero attached hydrogens (tertiary/aromatic N) is 2. The number of allylic oxidation sites excluding steroid dienone is 5. The Kier molecular flexibility index (Phi) is 13.0. The van der Waals surface area contributed by atoms with E-state index in [9.17, 15) is 56.4 Å². The minimum absolute atomic E-state index is 0.0482. The summed E-state index contributed by atoms with van der Waals surface area (Å²) in [5.41, 5.74) is 0.211. The van der Waals surface area contributed by atoms with Crippen molar-refractivity contribution in [2.24, 2.45) is 0 Å². The van der Waals surface area contributed by atoms with E-state index in [2.05, 4.69) is 9.37 Å². The van der Waals surface area contributed by atoms with E-state index < -0.39 is 70.9 Å². The lowest BCUT2D eigenvalue weighted by molar-refractivity contribution is -0.432. The van der Waals surface area contributed by atoms with Gasteiger partial charge in [-0.05, 0) is 75.6 Å². The van der Waals surface area contributed by atoms with E-state index in [0.717, 1.165) is 6.07 Å². The van der Waals surface area contributed by atoms with Crippen molar-refractivity contribution >= 4 is 66.2 Å². The molecule has 0 fully saturated rings. The van der Waals surface area contributed by atoms with E-state index >= 15 is 0 Å². The third-order valence-corrected chi connectivity index (χ3v) is 13.4. The molecule has 1 aliphatic carbocycles. The third kappa shape index (κ3) is 9.70. The van der Waals surface area contributed by atoms with Gasteiger partial charge in [0.15, 0.2) is 12.3 Å². The first-order chi connectivity index (χ1) is 26.4. The van der Waals surface area contributed by atoms with Crippen LogP contribution < -0.4 is 4.90 Å². The molecule has 5 rings (SSSR count). The van der Waals surface area contributed by atoms with Gasteiger partial charge in [0.2, 0.25) is 11.5 Å². The molecule has 0 spiro atoms. The number of rotatable bonds is 18. The maximum Gasteiger partial charge on any atom is 0.331 e. The second-order valence-corrected chi connectivity index (χ2v) is 20.4. The van der Waals surface area contributed by atoms with E-state index in [4.69, 9.17) is 10.4 Å². The highest BCUT2D eigenvalue weighted by Gasteiger charge is 2.49. The molecule has 2 heterocycles. The Bertz CT molecular complexity index is 2330. The van der Waals surface area contributed by atoms with Crippen molar-refractivity contribution < 1.29 is 80.7 Å². The lowest BCUT2D eigenvalue weighted by Crippen LogP contribution is -2.33. The van der Waals surface area contributed by atoms with Crippen LogP contribution in [0.5, 0.6) is 0 Å². The summed E-state index contributed by atoms with van der Waals surface area (Å²) in [4.78, 5) is 66.0. The number of carbonyl (C=O) groups is 2. The predicted molar refractivity (Wildman–Crippen MR) is 206 cm³/mol. The maximum absolute atomic E-state index is 14.0. The van der Waals surface area contributed by atoms with Crippen LogP contribution in [0.2, 0.25) is 0 Å². The Morgan fingerprint density at radius 1 is 0.965 bits per heavy atom. The first-order valence-corrected chi connectivity index (χ1v) is 23.2. The Morgan fingerprint density at radius 3 is 2.25 bits per heavy atom. The normalized spacial score (nSPS) is 20.8. The van der Waals surface area contributed by atoms with Crippen molar-refractivity contribution in [3.8, 4) is 0 Å². The topological polar surface area (TPSA) is 289 Å². The molecule has 0 saturated carbocycles. The van der Waals surface area contributed by atoms with Gasteiger partial charge in [-0.25, -0.2) is 5.26 Å². The largest absolute Gasteiger partial charge is 0.506 e. The summed E-state index contributed by atoms with van der Waals surface area (Å²) in [6, 6.07) is 8.74. The minimum Gasteiger partial charge on any atom is -0.506 e. The van der Waals surface area contributed by atoms with Gasteiger partial charge in [0, 0.05) is 52.4 Å². The van der Waals surface area contributed by atoms with Gasteiger partial charge >= 0.3 is 21.2 Å². The molecule has 0 amide bonds. The lowest BCUT2D eigenvalue weighted by Gasteiger charge is -2.32. The summed E-state index contributed by atoms with van der Waals surface area (Å²) >= 11 is 0.687. The van der Waals surface area contributed by atoms with E-state index in [1.54, 1.807) is 36.9 Å². The molecule has 0 bridgehead atoms. The highest BCUT2D eigenvalue weighted by Crippen LogP contribution is 2.53. The van der Waals surface area contributed by atoms with Crippen LogP contribution in [0.15, 0.2) is 80.9 Å². The third-order valence-electron chi connectivity index (χ3n) is 10.4. The zero-order valence-corrected chi connectivity index (χ0v) is 34.4. The van der Waals surface area contributed by atoms with Crippen molar-refractivity contribution in [2.45, 2.75) is 73.5 Å². The number of anilines is 1. The molecule has 2 aromatic rings. The van der Waals surface area contributed by atoms with Crippen molar-refractivity contribution in [1.29, 1.82) is 0 Å². The van der Waals surface area contributed by atoms with Gasteiger partial charge in [0.1, 0.15) is 11.9 Å². The van der Waals surface area contributed by atoms with Crippen LogP contribution in [-0.4, -0.2) is 95.5 Å². The van der Waals surface area contributed by atoms with E-state index in [1.165, 1.54) is 28.9 Å². The van der Waals surface area contributed by atoms with E-state index in [-0.39, 0.29) is 30.7 Å². The first kappa shape index (κ1) is 44.6. The second kappa shape index (κ2) is 16.6. The van der Waals surface area contributed by atoms with Gasteiger partial charge in [0.05, 0.1) is 39.7 Å².